The highest BCUT2D eigenvalue weighted by atomic mass is 127. The van der Waals surface area contributed by atoms with E-state index in [9.17, 15) is 4.79 Å². The van der Waals surface area contributed by atoms with E-state index in [0.717, 1.165) is 42.9 Å². The second-order valence-corrected chi connectivity index (χ2v) is 8.26. The van der Waals surface area contributed by atoms with Crippen molar-refractivity contribution in [2.75, 3.05) is 27.2 Å². The lowest BCUT2D eigenvalue weighted by molar-refractivity contribution is 0.0827. The van der Waals surface area contributed by atoms with Gasteiger partial charge in [-0.1, -0.05) is 18.2 Å². The van der Waals surface area contributed by atoms with E-state index >= 15 is 0 Å². The molecule has 8 heteroatoms. The summed E-state index contributed by atoms with van der Waals surface area (Å²) in [5.41, 5.74) is 2.81. The molecule has 2 aromatic rings. The van der Waals surface area contributed by atoms with E-state index in [4.69, 9.17) is 9.73 Å². The first-order valence-electron chi connectivity index (χ1n) is 11.5. The lowest BCUT2D eigenvalue weighted by Gasteiger charge is -2.15. The highest BCUT2D eigenvalue weighted by Crippen LogP contribution is 2.25. The molecular formula is C25H36IN5O2. The number of rotatable bonds is 9. The van der Waals surface area contributed by atoms with Gasteiger partial charge in [0.1, 0.15) is 6.10 Å². The summed E-state index contributed by atoms with van der Waals surface area (Å²) >= 11 is 0. The number of amides is 1. The van der Waals surface area contributed by atoms with Gasteiger partial charge in [0.2, 0.25) is 5.88 Å². The number of carbonyl (C=O) groups excluding carboxylic acids is 1. The SMILES string of the molecule is CCNC(=NCc1cccnc1OC1CCCC1)NCCc1cccc(C(=O)N(C)C)c1.I. The number of ether oxygens (including phenoxy) is 1. The van der Waals surface area contributed by atoms with Crippen LogP contribution >= 0.6 is 24.0 Å². The topological polar surface area (TPSA) is 78.9 Å². The number of benzene rings is 1. The third-order valence-electron chi connectivity index (χ3n) is 5.47. The molecule has 33 heavy (non-hydrogen) atoms. The van der Waals surface area contributed by atoms with Crippen LogP contribution in [0.5, 0.6) is 5.88 Å². The molecule has 7 nitrogen and oxygen atoms in total. The Balaban J connectivity index is 0.00000385. The van der Waals surface area contributed by atoms with Crippen molar-refractivity contribution in [3.8, 4) is 5.88 Å². The second-order valence-electron chi connectivity index (χ2n) is 8.26. The number of guanidine groups is 1. The Morgan fingerprint density at radius 2 is 1.97 bits per heavy atom. The van der Waals surface area contributed by atoms with Crippen LogP contribution in [0, 0.1) is 0 Å². The zero-order valence-corrected chi connectivity index (χ0v) is 22.2. The summed E-state index contributed by atoms with van der Waals surface area (Å²) in [6.07, 6.45) is 7.50. The smallest absolute Gasteiger partial charge is 0.253 e. The normalized spacial score (nSPS) is 13.8. The van der Waals surface area contributed by atoms with E-state index < -0.39 is 0 Å². The number of pyridine rings is 1. The number of aliphatic imine (C=N–C) groups is 1. The number of carbonyl (C=O) groups is 1. The summed E-state index contributed by atoms with van der Waals surface area (Å²) in [5.74, 6) is 1.46. The molecule has 1 fully saturated rings. The van der Waals surface area contributed by atoms with E-state index in [1.54, 1.807) is 25.2 Å². The third-order valence-corrected chi connectivity index (χ3v) is 5.47. The lowest BCUT2D eigenvalue weighted by atomic mass is 10.1. The molecule has 1 heterocycles. The maximum absolute atomic E-state index is 12.2. The van der Waals surface area contributed by atoms with Gasteiger partial charge >= 0.3 is 0 Å². The predicted octanol–water partition coefficient (Wildman–Crippen LogP) is 4.02. The molecule has 1 saturated carbocycles. The number of halogens is 1. The monoisotopic (exact) mass is 565 g/mol. The first-order valence-corrected chi connectivity index (χ1v) is 11.5. The molecule has 180 valence electrons. The van der Waals surface area contributed by atoms with Gasteiger partial charge in [0.25, 0.3) is 5.91 Å². The van der Waals surface area contributed by atoms with E-state index in [2.05, 4.69) is 15.6 Å². The van der Waals surface area contributed by atoms with Gasteiger partial charge in [0.15, 0.2) is 5.96 Å². The first-order chi connectivity index (χ1) is 15.6. The van der Waals surface area contributed by atoms with Gasteiger partial charge in [-0.2, -0.15) is 0 Å². The molecule has 0 bridgehead atoms. The molecule has 0 radical (unpaired) electrons. The van der Waals surface area contributed by atoms with Gasteiger partial charge in [-0.15, -0.1) is 24.0 Å². The standard InChI is InChI=1S/C25H35N5O2.HI/c1-4-26-25(28-16-14-19-9-7-10-20(17-19)24(31)30(2)3)29-18-21-11-8-15-27-23(21)32-22-12-5-6-13-22;/h7-11,15,17,22H,4-6,12-14,16,18H2,1-3H3,(H2,26,28,29);1H. The van der Waals surface area contributed by atoms with Gasteiger partial charge in [-0.05, 0) is 62.8 Å². The van der Waals surface area contributed by atoms with Gasteiger partial charge in [-0.25, -0.2) is 9.98 Å². The maximum atomic E-state index is 12.2. The number of nitrogens with zero attached hydrogens (tertiary/aromatic N) is 3. The van der Waals surface area contributed by atoms with Crippen molar-refractivity contribution in [2.24, 2.45) is 4.99 Å². The first kappa shape index (κ1) is 26.9. The summed E-state index contributed by atoms with van der Waals surface area (Å²) in [4.78, 5) is 23.0. The fraction of sp³-hybridized carbons (Fsp3) is 0.480. The summed E-state index contributed by atoms with van der Waals surface area (Å²) < 4.78 is 6.13. The zero-order chi connectivity index (χ0) is 22.8. The molecule has 0 unspecified atom stereocenters. The maximum Gasteiger partial charge on any atom is 0.253 e. The average Bonchev–Trinajstić information content (AvgIpc) is 3.31. The van der Waals surface area contributed by atoms with Crippen LogP contribution < -0.4 is 15.4 Å². The van der Waals surface area contributed by atoms with Crippen LogP contribution in [0.25, 0.3) is 0 Å². The Hall–Kier alpha value is -2.36. The quantitative estimate of drug-likeness (QED) is 0.273. The Morgan fingerprint density at radius 3 is 2.70 bits per heavy atom. The number of hydrogen-bond acceptors (Lipinski definition) is 4. The average molecular weight is 566 g/mol. The van der Waals surface area contributed by atoms with Crippen molar-refractivity contribution < 1.29 is 9.53 Å². The minimum absolute atomic E-state index is 0. The molecule has 1 aliphatic rings. The summed E-state index contributed by atoms with van der Waals surface area (Å²) in [5, 5.41) is 6.68. The van der Waals surface area contributed by atoms with E-state index in [0.29, 0.717) is 24.5 Å². The van der Waals surface area contributed by atoms with Crippen LogP contribution in [-0.2, 0) is 13.0 Å². The van der Waals surface area contributed by atoms with Crippen LogP contribution in [0.3, 0.4) is 0 Å². The Kier molecular flexibility index (Phi) is 11.4. The minimum atomic E-state index is 0. The van der Waals surface area contributed by atoms with Gasteiger partial charge in [0.05, 0.1) is 6.54 Å². The third kappa shape index (κ3) is 8.49. The van der Waals surface area contributed by atoms with Gasteiger partial charge in [0, 0.05) is 44.5 Å². The van der Waals surface area contributed by atoms with E-state index in [1.165, 1.54) is 12.8 Å². The molecule has 0 spiro atoms. The molecule has 1 aromatic heterocycles. The van der Waals surface area contributed by atoms with Crippen LogP contribution in [0.1, 0.15) is 54.1 Å². The van der Waals surface area contributed by atoms with Gasteiger partial charge in [-0.3, -0.25) is 4.79 Å². The fourth-order valence-electron chi connectivity index (χ4n) is 3.76. The summed E-state index contributed by atoms with van der Waals surface area (Å²) in [6.45, 7) is 4.03. The molecule has 0 atom stereocenters. The van der Waals surface area contributed by atoms with E-state index in [-0.39, 0.29) is 36.0 Å². The molecule has 0 aliphatic heterocycles. The Labute approximate surface area is 214 Å². The molecule has 1 aromatic carbocycles. The van der Waals surface area contributed by atoms with Crippen molar-refractivity contribution >= 4 is 35.8 Å². The molecule has 1 aliphatic carbocycles. The molecule has 0 saturated heterocycles. The molecule has 2 N–H and O–H groups in total. The van der Waals surface area contributed by atoms with Crippen LogP contribution in [0.4, 0.5) is 0 Å². The van der Waals surface area contributed by atoms with Gasteiger partial charge < -0.3 is 20.3 Å². The van der Waals surface area contributed by atoms with Crippen molar-refractivity contribution in [3.63, 3.8) is 0 Å². The van der Waals surface area contributed by atoms with Crippen LogP contribution in [-0.4, -0.2) is 55.0 Å². The Morgan fingerprint density at radius 1 is 1.18 bits per heavy atom. The molecule has 1 amide bonds. The number of aromatic nitrogens is 1. The van der Waals surface area contributed by atoms with Crippen molar-refractivity contribution in [2.45, 2.75) is 51.7 Å². The molecular weight excluding hydrogens is 529 g/mol. The van der Waals surface area contributed by atoms with Crippen molar-refractivity contribution in [1.29, 1.82) is 0 Å². The number of nitrogens with one attached hydrogen (secondary N) is 2. The van der Waals surface area contributed by atoms with E-state index in [1.807, 2.05) is 43.3 Å². The fourth-order valence-corrected chi connectivity index (χ4v) is 3.76. The minimum Gasteiger partial charge on any atom is -0.474 e. The van der Waals surface area contributed by atoms with Crippen LogP contribution in [0.2, 0.25) is 0 Å². The van der Waals surface area contributed by atoms with Crippen LogP contribution in [0.15, 0.2) is 47.6 Å². The highest BCUT2D eigenvalue weighted by molar-refractivity contribution is 14.0. The lowest BCUT2D eigenvalue weighted by Crippen LogP contribution is -2.38. The second kappa shape index (κ2) is 14.0. The summed E-state index contributed by atoms with van der Waals surface area (Å²) in [6, 6.07) is 11.7. The van der Waals surface area contributed by atoms with Crippen molar-refractivity contribution in [1.82, 2.24) is 20.5 Å². The number of hydrogen-bond donors (Lipinski definition) is 2. The largest absolute Gasteiger partial charge is 0.474 e. The van der Waals surface area contributed by atoms with Crippen molar-refractivity contribution in [3.05, 3.63) is 59.3 Å². The summed E-state index contributed by atoms with van der Waals surface area (Å²) in [7, 11) is 3.53. The highest BCUT2D eigenvalue weighted by Gasteiger charge is 2.18. The Bertz CT molecular complexity index is 913. The molecule has 3 rings (SSSR count). The predicted molar refractivity (Wildman–Crippen MR) is 144 cm³/mol. The zero-order valence-electron chi connectivity index (χ0n) is 19.8.